The molecule has 5 N–H and O–H groups in total. The lowest BCUT2D eigenvalue weighted by Crippen LogP contribution is -2.15. The minimum atomic E-state index is -1.11. The van der Waals surface area contributed by atoms with Crippen molar-refractivity contribution in [1.29, 1.82) is 0 Å². The Morgan fingerprint density at radius 3 is 2.21 bits per heavy atom. The van der Waals surface area contributed by atoms with E-state index in [2.05, 4.69) is 10.7 Å². The normalized spacial score (nSPS) is 13.2. The molecular formula is C8H12N2O4. The van der Waals surface area contributed by atoms with Gasteiger partial charge in [-0.3, -0.25) is 0 Å². The van der Waals surface area contributed by atoms with Crippen LogP contribution in [0.25, 0.3) is 0 Å². The second-order valence-corrected chi connectivity index (χ2v) is 2.62. The Bertz CT molecular complexity index is 317. The Morgan fingerprint density at radius 1 is 1.36 bits per heavy atom. The highest BCUT2D eigenvalue weighted by Crippen LogP contribution is 2.04. The summed E-state index contributed by atoms with van der Waals surface area (Å²) in [6, 6.07) is 0. The number of rotatable bonds is 3. The summed E-state index contributed by atoms with van der Waals surface area (Å²) in [5, 5.41) is 8.52. The zero-order valence-corrected chi connectivity index (χ0v) is 7.90. The maximum Gasteiger partial charge on any atom is 0.354 e. The zero-order chi connectivity index (χ0) is 11.3. The van der Waals surface area contributed by atoms with Crippen LogP contribution in [0.2, 0.25) is 0 Å². The molecule has 0 radical (unpaired) electrons. The minimum absolute atomic E-state index is 0.0142. The Balaban J connectivity index is 4.94. The minimum Gasteiger partial charge on any atom is -0.478 e. The molecule has 0 spiro atoms. The largest absolute Gasteiger partial charge is 0.478 e. The highest BCUT2D eigenvalue weighted by Gasteiger charge is 2.08. The van der Waals surface area contributed by atoms with Gasteiger partial charge in [0, 0.05) is 11.3 Å². The summed E-state index contributed by atoms with van der Waals surface area (Å²) in [7, 11) is 0. The molecule has 0 amide bonds. The van der Waals surface area contributed by atoms with Crippen LogP contribution >= 0.6 is 0 Å². The van der Waals surface area contributed by atoms with Crippen molar-refractivity contribution in [2.45, 2.75) is 13.8 Å². The van der Waals surface area contributed by atoms with Crippen molar-refractivity contribution in [2.75, 3.05) is 0 Å². The average Bonchev–Trinajstić information content (AvgIpc) is 2.14. The fraction of sp³-hybridized carbons (Fsp3) is 0.250. The Morgan fingerprint density at radius 2 is 1.86 bits per heavy atom. The molecule has 0 saturated carbocycles. The van der Waals surface area contributed by atoms with E-state index in [-0.39, 0.29) is 16.8 Å². The first-order valence-electron chi connectivity index (χ1n) is 3.69. The van der Waals surface area contributed by atoms with Crippen LogP contribution < -0.4 is 11.6 Å². The van der Waals surface area contributed by atoms with Crippen molar-refractivity contribution in [3.05, 3.63) is 22.9 Å². The molecule has 0 rings (SSSR count). The van der Waals surface area contributed by atoms with Gasteiger partial charge in [-0.25, -0.2) is 9.59 Å². The standard InChI is InChI=1S/C8H12N2O4/c1-4(7(11)12)3-6(9)5(2)8(13)14-10/h3H,9-10H2,1-2H3,(H,11,12). The number of hydrogen-bond donors (Lipinski definition) is 3. The first-order chi connectivity index (χ1) is 6.40. The van der Waals surface area contributed by atoms with Gasteiger partial charge in [-0.2, -0.15) is 5.90 Å². The molecule has 0 fully saturated rings. The number of carbonyl (C=O) groups excluding carboxylic acids is 1. The van der Waals surface area contributed by atoms with Crippen molar-refractivity contribution >= 4 is 11.9 Å². The van der Waals surface area contributed by atoms with Gasteiger partial charge in [0.1, 0.15) is 0 Å². The Hall–Kier alpha value is -1.82. The number of carbonyl (C=O) groups is 2. The van der Waals surface area contributed by atoms with E-state index in [1.54, 1.807) is 0 Å². The number of allylic oxidation sites excluding steroid dienone is 1. The van der Waals surface area contributed by atoms with Gasteiger partial charge in [0.2, 0.25) is 0 Å². The third kappa shape index (κ3) is 3.28. The molecule has 0 aromatic carbocycles. The van der Waals surface area contributed by atoms with Crippen LogP contribution in [0, 0.1) is 0 Å². The lowest BCUT2D eigenvalue weighted by atomic mass is 10.2. The van der Waals surface area contributed by atoms with Crippen molar-refractivity contribution in [2.24, 2.45) is 11.6 Å². The lowest BCUT2D eigenvalue weighted by molar-refractivity contribution is -0.139. The molecule has 0 bridgehead atoms. The SMILES string of the molecule is CC(=CC(N)=C(C)C(=O)ON)C(=O)O. The maximum atomic E-state index is 10.8. The van der Waals surface area contributed by atoms with Crippen LogP contribution in [-0.4, -0.2) is 17.0 Å². The van der Waals surface area contributed by atoms with Crippen LogP contribution in [0.15, 0.2) is 22.9 Å². The van der Waals surface area contributed by atoms with Crippen LogP contribution in [0.4, 0.5) is 0 Å². The molecule has 0 atom stereocenters. The third-order valence-electron chi connectivity index (χ3n) is 1.56. The molecular weight excluding hydrogens is 188 g/mol. The van der Waals surface area contributed by atoms with Crippen LogP contribution in [-0.2, 0) is 14.4 Å². The molecule has 0 aliphatic rings. The fourth-order valence-electron chi connectivity index (χ4n) is 0.609. The maximum absolute atomic E-state index is 10.8. The lowest BCUT2D eigenvalue weighted by Gasteiger charge is -2.01. The molecule has 0 aliphatic heterocycles. The van der Waals surface area contributed by atoms with Crippen molar-refractivity contribution in [3.63, 3.8) is 0 Å². The van der Waals surface area contributed by atoms with Gasteiger partial charge in [-0.1, -0.05) is 0 Å². The van der Waals surface area contributed by atoms with Crippen molar-refractivity contribution in [3.8, 4) is 0 Å². The zero-order valence-electron chi connectivity index (χ0n) is 7.90. The number of carboxylic acid groups (broad SMARTS) is 1. The van der Waals surface area contributed by atoms with Gasteiger partial charge in [-0.15, -0.1) is 0 Å². The first-order valence-corrected chi connectivity index (χ1v) is 3.69. The summed E-state index contributed by atoms with van der Waals surface area (Å²) in [6.07, 6.45) is 1.16. The Labute approximate surface area is 80.8 Å². The summed E-state index contributed by atoms with van der Waals surface area (Å²) in [4.78, 5) is 25.2. The van der Waals surface area contributed by atoms with Gasteiger partial charge in [0.05, 0.1) is 5.57 Å². The average molecular weight is 200 g/mol. The molecule has 0 heterocycles. The smallest absolute Gasteiger partial charge is 0.354 e. The van der Waals surface area contributed by atoms with Gasteiger partial charge >= 0.3 is 11.9 Å². The van der Waals surface area contributed by atoms with E-state index in [0.717, 1.165) is 6.08 Å². The van der Waals surface area contributed by atoms with E-state index in [1.807, 2.05) is 0 Å². The molecule has 78 valence electrons. The second kappa shape index (κ2) is 5.03. The van der Waals surface area contributed by atoms with Crippen molar-refractivity contribution in [1.82, 2.24) is 0 Å². The molecule has 14 heavy (non-hydrogen) atoms. The number of nitrogens with two attached hydrogens (primary N) is 2. The molecule has 0 aromatic heterocycles. The predicted molar refractivity (Wildman–Crippen MR) is 48.6 cm³/mol. The molecule has 6 nitrogen and oxygen atoms in total. The monoisotopic (exact) mass is 200 g/mol. The molecule has 0 saturated heterocycles. The van der Waals surface area contributed by atoms with Gasteiger partial charge in [-0.05, 0) is 19.9 Å². The van der Waals surface area contributed by atoms with E-state index < -0.39 is 11.9 Å². The van der Waals surface area contributed by atoms with Crippen LogP contribution in [0.1, 0.15) is 13.8 Å². The molecule has 6 heteroatoms. The first kappa shape index (κ1) is 12.2. The topological polar surface area (TPSA) is 116 Å². The van der Waals surface area contributed by atoms with Crippen molar-refractivity contribution < 1.29 is 19.5 Å². The van der Waals surface area contributed by atoms with E-state index in [9.17, 15) is 9.59 Å². The van der Waals surface area contributed by atoms with Gasteiger partial charge in [0.25, 0.3) is 0 Å². The Kier molecular flexibility index (Phi) is 4.37. The van der Waals surface area contributed by atoms with Crippen LogP contribution in [0.3, 0.4) is 0 Å². The fourth-order valence-corrected chi connectivity index (χ4v) is 0.609. The van der Waals surface area contributed by atoms with E-state index in [0.29, 0.717) is 0 Å². The van der Waals surface area contributed by atoms with Gasteiger partial charge in [0.15, 0.2) is 0 Å². The van der Waals surface area contributed by atoms with E-state index in [1.165, 1.54) is 13.8 Å². The predicted octanol–water partition coefficient (Wildman–Crippen LogP) is -0.333. The van der Waals surface area contributed by atoms with Gasteiger partial charge < -0.3 is 15.7 Å². The number of aliphatic carboxylic acids is 1. The highest BCUT2D eigenvalue weighted by atomic mass is 16.7. The highest BCUT2D eigenvalue weighted by molar-refractivity contribution is 5.90. The quantitative estimate of drug-likeness (QED) is 0.326. The summed E-state index contributed by atoms with van der Waals surface area (Å²) in [5.41, 5.74) is 5.51. The summed E-state index contributed by atoms with van der Waals surface area (Å²) >= 11 is 0. The number of carboxylic acids is 1. The van der Waals surface area contributed by atoms with E-state index >= 15 is 0 Å². The molecule has 0 unspecified atom stereocenters. The summed E-state index contributed by atoms with van der Waals surface area (Å²) < 4.78 is 0. The van der Waals surface area contributed by atoms with Crippen LogP contribution in [0.5, 0.6) is 0 Å². The second-order valence-electron chi connectivity index (χ2n) is 2.62. The summed E-state index contributed by atoms with van der Waals surface area (Å²) in [5.74, 6) is 2.72. The molecule has 0 aliphatic carbocycles. The third-order valence-corrected chi connectivity index (χ3v) is 1.56. The summed E-state index contributed by atoms with van der Waals surface area (Å²) in [6.45, 7) is 2.74. The molecule has 0 aromatic rings. The number of hydrogen-bond acceptors (Lipinski definition) is 5. The van der Waals surface area contributed by atoms with E-state index in [4.69, 9.17) is 10.8 Å².